The SMILES string of the molecule is O=C(O)CC(C(=O)O)C1CC2C=CC1C2. The minimum Gasteiger partial charge on any atom is -0.481 e. The Morgan fingerprint density at radius 2 is 2.00 bits per heavy atom. The van der Waals surface area contributed by atoms with Crippen LogP contribution in [0.5, 0.6) is 0 Å². The molecule has 0 amide bonds. The molecule has 4 unspecified atom stereocenters. The molecule has 2 bridgehead atoms. The molecule has 1 saturated carbocycles. The van der Waals surface area contributed by atoms with Crippen LogP contribution in [0.1, 0.15) is 19.3 Å². The number of hydrogen-bond donors (Lipinski definition) is 2. The average Bonchev–Trinajstić information content (AvgIpc) is 2.73. The topological polar surface area (TPSA) is 74.6 Å². The molecule has 4 heteroatoms. The second-order valence-corrected chi connectivity index (χ2v) is 4.49. The van der Waals surface area contributed by atoms with E-state index in [2.05, 4.69) is 12.2 Å². The Kier molecular flexibility index (Phi) is 2.50. The minimum atomic E-state index is -1.02. The van der Waals surface area contributed by atoms with Gasteiger partial charge in [-0.15, -0.1) is 0 Å². The summed E-state index contributed by atoms with van der Waals surface area (Å²) in [5.41, 5.74) is 0. The zero-order valence-corrected chi connectivity index (χ0v) is 8.30. The van der Waals surface area contributed by atoms with E-state index in [1.807, 2.05) is 0 Å². The number of carboxylic acid groups (broad SMARTS) is 2. The third-order valence-corrected chi connectivity index (χ3v) is 3.56. The summed E-state index contributed by atoms with van der Waals surface area (Å²) in [6, 6.07) is 0. The zero-order valence-electron chi connectivity index (χ0n) is 8.30. The maximum atomic E-state index is 11.0. The molecule has 15 heavy (non-hydrogen) atoms. The van der Waals surface area contributed by atoms with E-state index in [1.54, 1.807) is 0 Å². The van der Waals surface area contributed by atoms with Crippen molar-refractivity contribution in [3.05, 3.63) is 12.2 Å². The molecule has 0 aromatic carbocycles. The Balaban J connectivity index is 2.09. The Labute approximate surface area is 87.6 Å². The van der Waals surface area contributed by atoms with Crippen molar-refractivity contribution in [2.45, 2.75) is 19.3 Å². The van der Waals surface area contributed by atoms with Gasteiger partial charge in [0.2, 0.25) is 0 Å². The summed E-state index contributed by atoms with van der Waals surface area (Å²) in [4.78, 5) is 21.6. The van der Waals surface area contributed by atoms with Crippen LogP contribution in [0.4, 0.5) is 0 Å². The van der Waals surface area contributed by atoms with Crippen LogP contribution in [-0.2, 0) is 9.59 Å². The van der Waals surface area contributed by atoms with Crippen molar-refractivity contribution in [2.24, 2.45) is 23.7 Å². The molecule has 2 N–H and O–H groups in total. The van der Waals surface area contributed by atoms with Crippen LogP contribution in [0.15, 0.2) is 12.2 Å². The molecule has 2 aliphatic rings. The van der Waals surface area contributed by atoms with Crippen molar-refractivity contribution >= 4 is 11.9 Å². The zero-order chi connectivity index (χ0) is 11.0. The number of allylic oxidation sites excluding steroid dienone is 2. The Morgan fingerprint density at radius 3 is 2.40 bits per heavy atom. The van der Waals surface area contributed by atoms with Gasteiger partial charge in [0, 0.05) is 0 Å². The predicted molar refractivity (Wildman–Crippen MR) is 52.2 cm³/mol. The smallest absolute Gasteiger partial charge is 0.307 e. The summed E-state index contributed by atoms with van der Waals surface area (Å²) in [6.45, 7) is 0. The molecule has 0 aliphatic heterocycles. The van der Waals surface area contributed by atoms with Gasteiger partial charge in [0.15, 0.2) is 0 Å². The van der Waals surface area contributed by atoms with Crippen LogP contribution < -0.4 is 0 Å². The summed E-state index contributed by atoms with van der Waals surface area (Å²) in [5, 5.41) is 17.7. The Hall–Kier alpha value is -1.32. The van der Waals surface area contributed by atoms with Gasteiger partial charge in [0.1, 0.15) is 0 Å². The van der Waals surface area contributed by atoms with E-state index >= 15 is 0 Å². The first kappa shape index (κ1) is 10.2. The van der Waals surface area contributed by atoms with Gasteiger partial charge in [-0.25, -0.2) is 0 Å². The van der Waals surface area contributed by atoms with Crippen molar-refractivity contribution < 1.29 is 19.8 Å². The third-order valence-electron chi connectivity index (χ3n) is 3.56. The van der Waals surface area contributed by atoms with Gasteiger partial charge in [-0.05, 0) is 30.6 Å². The van der Waals surface area contributed by atoms with Gasteiger partial charge >= 0.3 is 11.9 Å². The second-order valence-electron chi connectivity index (χ2n) is 4.49. The predicted octanol–water partition coefficient (Wildman–Crippen LogP) is 1.37. The van der Waals surface area contributed by atoms with Crippen molar-refractivity contribution in [3.8, 4) is 0 Å². The average molecular weight is 210 g/mol. The summed E-state index contributed by atoms with van der Waals surface area (Å²) in [7, 11) is 0. The number of carboxylic acids is 2. The summed E-state index contributed by atoms with van der Waals surface area (Å²) in [5.74, 6) is -1.92. The van der Waals surface area contributed by atoms with Gasteiger partial charge in [0.05, 0.1) is 12.3 Å². The standard InChI is InChI=1S/C11H14O4/c12-10(13)5-9(11(14)15)8-4-6-1-2-7(8)3-6/h1-2,6-9H,3-5H2,(H,12,13)(H,14,15). The number of aliphatic carboxylic acids is 2. The van der Waals surface area contributed by atoms with E-state index < -0.39 is 17.9 Å². The number of rotatable bonds is 4. The molecule has 0 saturated heterocycles. The van der Waals surface area contributed by atoms with Gasteiger partial charge in [-0.3, -0.25) is 9.59 Å². The lowest BCUT2D eigenvalue weighted by Crippen LogP contribution is -2.28. The molecule has 0 heterocycles. The summed E-state index contributed by atoms with van der Waals surface area (Å²) < 4.78 is 0. The largest absolute Gasteiger partial charge is 0.481 e. The minimum absolute atomic E-state index is 0.0219. The maximum absolute atomic E-state index is 11.0. The van der Waals surface area contributed by atoms with Gasteiger partial charge in [0.25, 0.3) is 0 Å². The number of carbonyl (C=O) groups is 2. The van der Waals surface area contributed by atoms with Crippen LogP contribution in [0.2, 0.25) is 0 Å². The molecule has 2 aliphatic carbocycles. The van der Waals surface area contributed by atoms with Crippen molar-refractivity contribution in [1.82, 2.24) is 0 Å². The molecule has 4 nitrogen and oxygen atoms in total. The highest BCUT2D eigenvalue weighted by Crippen LogP contribution is 2.47. The molecule has 0 aromatic heterocycles. The van der Waals surface area contributed by atoms with Gasteiger partial charge in [-0.1, -0.05) is 12.2 Å². The molecule has 82 valence electrons. The molecular formula is C11H14O4. The van der Waals surface area contributed by atoms with E-state index in [0.717, 1.165) is 12.8 Å². The van der Waals surface area contributed by atoms with Crippen LogP contribution in [0.3, 0.4) is 0 Å². The lowest BCUT2D eigenvalue weighted by Gasteiger charge is -2.23. The van der Waals surface area contributed by atoms with Gasteiger partial charge in [-0.2, -0.15) is 0 Å². The molecule has 2 rings (SSSR count). The number of fused-ring (bicyclic) bond motifs is 2. The van der Waals surface area contributed by atoms with E-state index in [0.29, 0.717) is 5.92 Å². The fourth-order valence-electron chi connectivity index (χ4n) is 2.90. The molecule has 0 aromatic rings. The number of hydrogen-bond acceptors (Lipinski definition) is 2. The molecule has 4 atom stereocenters. The normalized spacial score (nSPS) is 34.3. The quantitative estimate of drug-likeness (QED) is 0.687. The lowest BCUT2D eigenvalue weighted by atomic mass is 9.80. The third kappa shape index (κ3) is 1.89. The van der Waals surface area contributed by atoms with Crippen molar-refractivity contribution in [2.75, 3.05) is 0 Å². The summed E-state index contributed by atoms with van der Waals surface area (Å²) in [6.07, 6.45) is 5.77. The highest BCUT2D eigenvalue weighted by molar-refractivity contribution is 5.78. The van der Waals surface area contributed by atoms with E-state index in [9.17, 15) is 9.59 Å². The highest BCUT2D eigenvalue weighted by atomic mass is 16.4. The fraction of sp³-hybridized carbons (Fsp3) is 0.636. The Morgan fingerprint density at radius 1 is 1.27 bits per heavy atom. The first-order chi connectivity index (χ1) is 7.08. The second kappa shape index (κ2) is 3.68. The Bertz CT molecular complexity index is 321. The van der Waals surface area contributed by atoms with E-state index in [-0.39, 0.29) is 18.3 Å². The fourth-order valence-corrected chi connectivity index (χ4v) is 2.90. The lowest BCUT2D eigenvalue weighted by molar-refractivity contribution is -0.150. The van der Waals surface area contributed by atoms with E-state index in [1.165, 1.54) is 0 Å². The van der Waals surface area contributed by atoms with Crippen LogP contribution in [0, 0.1) is 23.7 Å². The first-order valence-electron chi connectivity index (χ1n) is 5.21. The molecule has 0 spiro atoms. The maximum Gasteiger partial charge on any atom is 0.307 e. The van der Waals surface area contributed by atoms with Crippen LogP contribution in [-0.4, -0.2) is 22.2 Å². The molecular weight excluding hydrogens is 196 g/mol. The first-order valence-corrected chi connectivity index (χ1v) is 5.21. The molecule has 0 radical (unpaired) electrons. The summed E-state index contributed by atoms with van der Waals surface area (Å²) >= 11 is 0. The van der Waals surface area contributed by atoms with Crippen molar-refractivity contribution in [1.29, 1.82) is 0 Å². The highest BCUT2D eigenvalue weighted by Gasteiger charge is 2.43. The van der Waals surface area contributed by atoms with Crippen LogP contribution in [0.25, 0.3) is 0 Å². The van der Waals surface area contributed by atoms with Crippen molar-refractivity contribution in [3.63, 3.8) is 0 Å². The monoisotopic (exact) mass is 210 g/mol. The van der Waals surface area contributed by atoms with Gasteiger partial charge < -0.3 is 10.2 Å². The van der Waals surface area contributed by atoms with E-state index in [4.69, 9.17) is 10.2 Å². The molecule has 1 fully saturated rings. The van der Waals surface area contributed by atoms with Crippen LogP contribution >= 0.6 is 0 Å².